The van der Waals surface area contributed by atoms with Gasteiger partial charge in [0, 0.05) is 26.2 Å². The number of hydrogen-bond donors (Lipinski definition) is 2. The standard InChI is InChI=1S/C12H16N2O.C2HF3O2/c1-14-7-12(8-14)15-11-3-2-9-5-13-6-10(9)4-11;3-2(4,5)1(6)7/h2-4,12-13H,5-8H2,1H3;(H,6,7). The van der Waals surface area contributed by atoms with Crippen molar-refractivity contribution >= 4 is 5.97 Å². The summed E-state index contributed by atoms with van der Waals surface area (Å²) in [4.78, 5) is 11.2. The van der Waals surface area contributed by atoms with E-state index in [2.05, 4.69) is 35.5 Å². The van der Waals surface area contributed by atoms with E-state index in [-0.39, 0.29) is 0 Å². The largest absolute Gasteiger partial charge is 0.490 e. The van der Waals surface area contributed by atoms with Gasteiger partial charge in [0.15, 0.2) is 0 Å². The maximum Gasteiger partial charge on any atom is 0.490 e. The van der Waals surface area contributed by atoms with Crippen molar-refractivity contribution in [2.45, 2.75) is 25.4 Å². The zero-order valence-corrected chi connectivity index (χ0v) is 12.0. The Morgan fingerprint density at radius 1 is 1.32 bits per heavy atom. The van der Waals surface area contributed by atoms with Gasteiger partial charge in [-0.05, 0) is 30.3 Å². The lowest BCUT2D eigenvalue weighted by molar-refractivity contribution is -0.192. The minimum Gasteiger partial charge on any atom is -0.488 e. The molecule has 5 nitrogen and oxygen atoms in total. The van der Waals surface area contributed by atoms with E-state index >= 15 is 0 Å². The second-order valence-electron chi connectivity index (χ2n) is 5.30. The monoisotopic (exact) mass is 318 g/mol. The van der Waals surface area contributed by atoms with Crippen LogP contribution in [0.1, 0.15) is 11.1 Å². The SMILES string of the molecule is CN1CC(Oc2ccc3c(c2)CNC3)C1.O=C(O)C(F)(F)F. The number of carboxylic acids is 1. The molecule has 0 saturated carbocycles. The summed E-state index contributed by atoms with van der Waals surface area (Å²) in [5.41, 5.74) is 2.80. The van der Waals surface area contributed by atoms with E-state index in [1.807, 2.05) is 0 Å². The van der Waals surface area contributed by atoms with Gasteiger partial charge < -0.3 is 15.2 Å². The Bertz CT molecular complexity index is 543. The molecule has 0 bridgehead atoms. The van der Waals surface area contributed by atoms with E-state index in [1.165, 1.54) is 11.1 Å². The van der Waals surface area contributed by atoms with Crippen LogP contribution in [0.2, 0.25) is 0 Å². The number of ether oxygens (including phenoxy) is 1. The van der Waals surface area contributed by atoms with Crippen molar-refractivity contribution in [2.24, 2.45) is 0 Å². The first-order chi connectivity index (χ1) is 10.3. The lowest BCUT2D eigenvalue weighted by atomic mass is 10.1. The average molecular weight is 318 g/mol. The number of halogens is 3. The molecule has 2 aliphatic heterocycles. The molecule has 0 spiro atoms. The van der Waals surface area contributed by atoms with Crippen LogP contribution in [0.25, 0.3) is 0 Å². The third-order valence-electron chi connectivity index (χ3n) is 3.38. The summed E-state index contributed by atoms with van der Waals surface area (Å²) in [7, 11) is 2.12. The number of aliphatic carboxylic acids is 1. The predicted octanol–water partition coefficient (Wildman–Crippen LogP) is 1.62. The Morgan fingerprint density at radius 2 is 1.91 bits per heavy atom. The normalized spacial score (nSPS) is 18.0. The number of carboxylic acid groups (broad SMARTS) is 1. The van der Waals surface area contributed by atoms with Gasteiger partial charge in [-0.1, -0.05) is 6.07 Å². The number of benzene rings is 1. The first-order valence-corrected chi connectivity index (χ1v) is 6.73. The third-order valence-corrected chi connectivity index (χ3v) is 3.38. The molecule has 0 unspecified atom stereocenters. The second-order valence-corrected chi connectivity index (χ2v) is 5.30. The Balaban J connectivity index is 0.000000217. The molecular formula is C14H17F3N2O3. The van der Waals surface area contributed by atoms with Crippen LogP contribution in [0.3, 0.4) is 0 Å². The quantitative estimate of drug-likeness (QED) is 0.868. The van der Waals surface area contributed by atoms with Crippen LogP contribution in [0.5, 0.6) is 5.75 Å². The molecule has 0 amide bonds. The Labute approximate surface area is 125 Å². The molecule has 0 aromatic heterocycles. The lowest BCUT2D eigenvalue weighted by Gasteiger charge is -2.36. The van der Waals surface area contributed by atoms with Crippen LogP contribution in [-0.4, -0.2) is 48.4 Å². The molecule has 1 aromatic rings. The van der Waals surface area contributed by atoms with Crippen molar-refractivity contribution in [3.63, 3.8) is 0 Å². The molecule has 2 N–H and O–H groups in total. The number of likely N-dealkylation sites (tertiary alicyclic amines) is 1. The smallest absolute Gasteiger partial charge is 0.488 e. The van der Waals surface area contributed by atoms with Crippen LogP contribution < -0.4 is 10.1 Å². The van der Waals surface area contributed by atoms with Gasteiger partial charge in [0.1, 0.15) is 11.9 Å². The summed E-state index contributed by atoms with van der Waals surface area (Å²) in [5.74, 6) is -1.73. The van der Waals surface area contributed by atoms with Gasteiger partial charge in [-0.25, -0.2) is 4.79 Å². The summed E-state index contributed by atoms with van der Waals surface area (Å²) in [6.45, 7) is 4.09. The number of alkyl halides is 3. The van der Waals surface area contributed by atoms with E-state index in [1.54, 1.807) is 0 Å². The number of fused-ring (bicyclic) bond motifs is 1. The molecule has 0 radical (unpaired) electrons. The van der Waals surface area contributed by atoms with Crippen LogP contribution in [0, 0.1) is 0 Å². The number of hydrogen-bond acceptors (Lipinski definition) is 4. The summed E-state index contributed by atoms with van der Waals surface area (Å²) in [6, 6.07) is 6.44. The van der Waals surface area contributed by atoms with Crippen molar-refractivity contribution in [3.05, 3.63) is 29.3 Å². The first kappa shape index (κ1) is 16.6. The van der Waals surface area contributed by atoms with Crippen LogP contribution in [-0.2, 0) is 17.9 Å². The molecule has 122 valence electrons. The fraction of sp³-hybridized carbons (Fsp3) is 0.500. The third kappa shape index (κ3) is 4.35. The average Bonchev–Trinajstić information content (AvgIpc) is 2.84. The van der Waals surface area contributed by atoms with Crippen molar-refractivity contribution in [3.8, 4) is 5.75 Å². The molecule has 2 aliphatic rings. The summed E-state index contributed by atoms with van der Waals surface area (Å²) >= 11 is 0. The van der Waals surface area contributed by atoms with Gasteiger partial charge >= 0.3 is 12.1 Å². The molecule has 2 heterocycles. The first-order valence-electron chi connectivity index (χ1n) is 6.73. The zero-order valence-electron chi connectivity index (χ0n) is 12.0. The summed E-state index contributed by atoms with van der Waals surface area (Å²) in [6.07, 6.45) is -4.69. The van der Waals surface area contributed by atoms with Gasteiger partial charge in [-0.15, -0.1) is 0 Å². The van der Waals surface area contributed by atoms with E-state index in [0.29, 0.717) is 6.10 Å². The van der Waals surface area contributed by atoms with E-state index in [9.17, 15) is 13.2 Å². The van der Waals surface area contributed by atoms with Crippen LogP contribution >= 0.6 is 0 Å². The van der Waals surface area contributed by atoms with Gasteiger partial charge in [0.2, 0.25) is 0 Å². The van der Waals surface area contributed by atoms with Crippen LogP contribution in [0.15, 0.2) is 18.2 Å². The van der Waals surface area contributed by atoms with Gasteiger partial charge in [-0.3, -0.25) is 4.90 Å². The highest BCUT2D eigenvalue weighted by molar-refractivity contribution is 5.73. The Hall–Kier alpha value is -1.80. The zero-order chi connectivity index (χ0) is 16.3. The fourth-order valence-corrected chi connectivity index (χ4v) is 2.25. The van der Waals surface area contributed by atoms with Crippen molar-refractivity contribution in [2.75, 3.05) is 20.1 Å². The topological polar surface area (TPSA) is 61.8 Å². The predicted molar refractivity (Wildman–Crippen MR) is 72.6 cm³/mol. The molecule has 3 rings (SSSR count). The number of nitrogens with one attached hydrogen (secondary N) is 1. The van der Waals surface area contributed by atoms with E-state index in [4.69, 9.17) is 14.6 Å². The molecule has 8 heteroatoms. The lowest BCUT2D eigenvalue weighted by Crippen LogP contribution is -2.51. The van der Waals surface area contributed by atoms with Gasteiger partial charge in [-0.2, -0.15) is 13.2 Å². The van der Waals surface area contributed by atoms with E-state index in [0.717, 1.165) is 31.9 Å². The van der Waals surface area contributed by atoms with Crippen molar-refractivity contribution in [1.29, 1.82) is 0 Å². The Kier molecular flexibility index (Phi) is 4.92. The molecule has 1 fully saturated rings. The molecule has 0 aliphatic carbocycles. The highest BCUT2D eigenvalue weighted by Gasteiger charge is 2.38. The van der Waals surface area contributed by atoms with Crippen LogP contribution in [0.4, 0.5) is 13.2 Å². The number of likely N-dealkylation sites (N-methyl/N-ethyl adjacent to an activating group) is 1. The molecule has 0 atom stereocenters. The van der Waals surface area contributed by atoms with Crippen molar-refractivity contribution in [1.82, 2.24) is 10.2 Å². The summed E-state index contributed by atoms with van der Waals surface area (Å²) in [5, 5.41) is 10.5. The fourth-order valence-electron chi connectivity index (χ4n) is 2.25. The maximum atomic E-state index is 10.6. The number of nitrogens with zero attached hydrogens (tertiary/aromatic N) is 1. The maximum absolute atomic E-state index is 10.6. The second kappa shape index (κ2) is 6.53. The van der Waals surface area contributed by atoms with Gasteiger partial charge in [0.25, 0.3) is 0 Å². The highest BCUT2D eigenvalue weighted by atomic mass is 19.4. The minimum absolute atomic E-state index is 0.391. The summed E-state index contributed by atoms with van der Waals surface area (Å²) < 4.78 is 37.6. The number of rotatable bonds is 2. The molecule has 22 heavy (non-hydrogen) atoms. The van der Waals surface area contributed by atoms with Gasteiger partial charge in [0.05, 0.1) is 0 Å². The highest BCUT2D eigenvalue weighted by Crippen LogP contribution is 2.23. The molecule has 1 aromatic carbocycles. The van der Waals surface area contributed by atoms with Crippen molar-refractivity contribution < 1.29 is 27.8 Å². The minimum atomic E-state index is -5.08. The van der Waals surface area contributed by atoms with E-state index < -0.39 is 12.1 Å². The molecular weight excluding hydrogens is 301 g/mol. The Morgan fingerprint density at radius 3 is 2.45 bits per heavy atom. The number of carbonyl (C=O) groups is 1. The molecule has 1 saturated heterocycles.